The average Bonchev–Trinajstić information content (AvgIpc) is 2.85. The van der Waals surface area contributed by atoms with E-state index in [-0.39, 0.29) is 23.4 Å². The van der Waals surface area contributed by atoms with Crippen LogP contribution in [0.5, 0.6) is 0 Å². The minimum absolute atomic E-state index is 0.00608. The second kappa shape index (κ2) is 5.41. The zero-order valence-electron chi connectivity index (χ0n) is 17.1. The van der Waals surface area contributed by atoms with Crippen LogP contribution in [0.15, 0.2) is 118 Å². The molecule has 0 saturated heterocycles. The summed E-state index contributed by atoms with van der Waals surface area (Å²) in [5.41, 5.74) is 12.5. The third kappa shape index (κ3) is 1.76. The van der Waals surface area contributed by atoms with Gasteiger partial charge in [-0.05, 0) is 62.3 Å². The fourth-order valence-electron chi connectivity index (χ4n) is 6.40. The number of allylic oxidation sites excluding steroid dienone is 14. The van der Waals surface area contributed by atoms with Crippen LogP contribution in [-0.4, -0.2) is 11.6 Å². The van der Waals surface area contributed by atoms with Crippen LogP contribution in [0, 0.1) is 11.8 Å². The van der Waals surface area contributed by atoms with Gasteiger partial charge in [-0.3, -0.25) is 9.59 Å². The molecule has 0 heterocycles. The standard InChI is InChI=1S/C30H16O2/c31-29-19-7-3-1-5-17(19)23-13-15-9-12-22-28-24(18-6-2-4-8-20(18)30(22)32)14-16-10-11-21(29)27(23)25(16)26(15)28/h1-14,21,26H. The summed E-state index contributed by atoms with van der Waals surface area (Å²) in [7, 11) is 0. The minimum atomic E-state index is -0.257. The molecule has 0 aliphatic heterocycles. The van der Waals surface area contributed by atoms with Crippen LogP contribution in [0.4, 0.5) is 0 Å². The van der Waals surface area contributed by atoms with Crippen molar-refractivity contribution in [2.45, 2.75) is 0 Å². The van der Waals surface area contributed by atoms with Gasteiger partial charge < -0.3 is 0 Å². The molecule has 148 valence electrons. The van der Waals surface area contributed by atoms with E-state index in [1.54, 1.807) is 0 Å². The maximum Gasteiger partial charge on any atom is 0.193 e. The van der Waals surface area contributed by atoms with E-state index in [0.29, 0.717) is 0 Å². The Kier molecular flexibility index (Phi) is 2.81. The Labute approximate surface area is 185 Å². The minimum Gasteiger partial charge on any atom is -0.293 e. The lowest BCUT2D eigenvalue weighted by molar-refractivity contribution is 0.0957. The van der Waals surface area contributed by atoms with Crippen molar-refractivity contribution in [3.63, 3.8) is 0 Å². The molecular formula is C30H16O2. The molecule has 0 fully saturated rings. The predicted molar refractivity (Wildman–Crippen MR) is 124 cm³/mol. The fourth-order valence-corrected chi connectivity index (χ4v) is 6.40. The highest BCUT2D eigenvalue weighted by molar-refractivity contribution is 6.21. The van der Waals surface area contributed by atoms with E-state index in [4.69, 9.17) is 0 Å². The van der Waals surface area contributed by atoms with E-state index in [9.17, 15) is 9.59 Å². The molecule has 6 aliphatic rings. The summed E-state index contributed by atoms with van der Waals surface area (Å²) in [6, 6.07) is 15.9. The van der Waals surface area contributed by atoms with Crippen molar-refractivity contribution >= 4 is 22.7 Å². The lowest BCUT2D eigenvalue weighted by atomic mass is 9.57. The summed E-state index contributed by atoms with van der Waals surface area (Å²) in [6.45, 7) is 0. The molecule has 0 N–H and O–H groups in total. The molecular weight excluding hydrogens is 392 g/mol. The van der Waals surface area contributed by atoms with Crippen LogP contribution in [0.25, 0.3) is 11.1 Å². The first-order valence-corrected chi connectivity index (χ1v) is 11.0. The lowest BCUT2D eigenvalue weighted by Crippen LogP contribution is -2.34. The van der Waals surface area contributed by atoms with Crippen LogP contribution in [0.3, 0.4) is 0 Å². The Morgan fingerprint density at radius 1 is 0.625 bits per heavy atom. The van der Waals surface area contributed by atoms with Gasteiger partial charge in [0.15, 0.2) is 11.6 Å². The van der Waals surface area contributed by atoms with Crippen LogP contribution in [0.2, 0.25) is 0 Å². The Balaban J connectivity index is 1.50. The molecule has 2 nitrogen and oxygen atoms in total. The van der Waals surface area contributed by atoms with Gasteiger partial charge in [-0.25, -0.2) is 0 Å². The number of ketones is 2. The van der Waals surface area contributed by atoms with E-state index in [1.807, 2.05) is 42.5 Å². The van der Waals surface area contributed by atoms with Gasteiger partial charge in [0.2, 0.25) is 0 Å². The number of Topliss-reactive ketones (excluding diaryl/α,β-unsaturated/α-hetero) is 2. The molecule has 0 radical (unpaired) electrons. The van der Waals surface area contributed by atoms with Crippen LogP contribution >= 0.6 is 0 Å². The third-order valence-corrected chi connectivity index (χ3v) is 7.69. The number of hydrogen-bond acceptors (Lipinski definition) is 2. The molecule has 32 heavy (non-hydrogen) atoms. The SMILES string of the molecule is O=C1C2=C3C(=CC4=C5C6=C(C=C(C=C2)C53)c2ccccc2C(=O)C6C=C4)c2ccccc21. The van der Waals surface area contributed by atoms with Crippen molar-refractivity contribution in [2.75, 3.05) is 0 Å². The molecule has 0 spiro atoms. The van der Waals surface area contributed by atoms with E-state index >= 15 is 0 Å². The van der Waals surface area contributed by atoms with Crippen molar-refractivity contribution in [3.8, 4) is 0 Å². The van der Waals surface area contributed by atoms with Gasteiger partial charge in [-0.2, -0.15) is 0 Å². The monoisotopic (exact) mass is 408 g/mol. The average molecular weight is 408 g/mol. The smallest absolute Gasteiger partial charge is 0.193 e. The number of carbonyl (C=O) groups excluding carboxylic acids is 2. The Hall–Kier alpha value is -4.04. The zero-order valence-corrected chi connectivity index (χ0v) is 17.1. The molecule has 0 amide bonds. The molecule has 2 atom stereocenters. The first kappa shape index (κ1) is 16.6. The summed E-state index contributed by atoms with van der Waals surface area (Å²) in [5, 5.41) is 0. The van der Waals surface area contributed by atoms with E-state index < -0.39 is 0 Å². The second-order valence-electron chi connectivity index (χ2n) is 9.11. The molecule has 0 saturated carbocycles. The predicted octanol–water partition coefficient (Wildman–Crippen LogP) is 5.84. The number of carbonyl (C=O) groups is 2. The molecule has 2 aromatic rings. The lowest BCUT2D eigenvalue weighted by Gasteiger charge is -2.44. The number of fused-ring (bicyclic) bond motifs is 4. The maximum atomic E-state index is 13.4. The molecule has 0 aromatic heterocycles. The molecule has 8 rings (SSSR count). The quantitative estimate of drug-likeness (QED) is 0.549. The maximum absolute atomic E-state index is 13.4. The second-order valence-corrected chi connectivity index (χ2v) is 9.11. The van der Waals surface area contributed by atoms with Crippen molar-refractivity contribution in [1.29, 1.82) is 0 Å². The van der Waals surface area contributed by atoms with Gasteiger partial charge in [0.25, 0.3) is 0 Å². The first-order chi connectivity index (χ1) is 15.7. The third-order valence-electron chi connectivity index (χ3n) is 7.69. The van der Waals surface area contributed by atoms with Crippen LogP contribution < -0.4 is 0 Å². The topological polar surface area (TPSA) is 34.1 Å². The largest absolute Gasteiger partial charge is 0.293 e. The summed E-state index contributed by atoms with van der Waals surface area (Å²) < 4.78 is 0. The summed E-state index contributed by atoms with van der Waals surface area (Å²) in [4.78, 5) is 26.8. The van der Waals surface area contributed by atoms with E-state index in [1.165, 1.54) is 11.1 Å². The van der Waals surface area contributed by atoms with Crippen molar-refractivity contribution < 1.29 is 9.59 Å². The zero-order chi connectivity index (χ0) is 21.1. The molecule has 0 bridgehead atoms. The normalized spacial score (nSPS) is 25.4. The number of hydrogen-bond donors (Lipinski definition) is 0. The van der Waals surface area contributed by atoms with Gasteiger partial charge in [-0.15, -0.1) is 0 Å². The molecule has 2 unspecified atom stereocenters. The Morgan fingerprint density at radius 2 is 1.38 bits per heavy atom. The van der Waals surface area contributed by atoms with Crippen molar-refractivity contribution in [2.24, 2.45) is 11.8 Å². The van der Waals surface area contributed by atoms with Gasteiger partial charge in [0.05, 0.1) is 5.92 Å². The van der Waals surface area contributed by atoms with Crippen molar-refractivity contribution in [3.05, 3.63) is 141 Å². The molecule has 2 heteroatoms. The summed E-state index contributed by atoms with van der Waals surface area (Å²) in [6.07, 6.45) is 12.8. The summed E-state index contributed by atoms with van der Waals surface area (Å²) in [5.74, 6) is 0.0127. The highest BCUT2D eigenvalue weighted by Crippen LogP contribution is 2.58. The van der Waals surface area contributed by atoms with E-state index in [0.717, 1.165) is 55.7 Å². The highest BCUT2D eigenvalue weighted by atomic mass is 16.1. The highest BCUT2D eigenvalue weighted by Gasteiger charge is 2.47. The van der Waals surface area contributed by atoms with Gasteiger partial charge in [0.1, 0.15) is 0 Å². The summed E-state index contributed by atoms with van der Waals surface area (Å²) >= 11 is 0. The van der Waals surface area contributed by atoms with Gasteiger partial charge in [-0.1, -0.05) is 72.8 Å². The number of rotatable bonds is 0. The molecule has 2 aromatic carbocycles. The first-order valence-electron chi connectivity index (χ1n) is 11.0. The Morgan fingerprint density at radius 3 is 2.22 bits per heavy atom. The van der Waals surface area contributed by atoms with Gasteiger partial charge in [0, 0.05) is 22.6 Å². The van der Waals surface area contributed by atoms with Crippen LogP contribution in [-0.2, 0) is 0 Å². The fraction of sp³-hybridized carbons (Fsp3) is 0.0667. The van der Waals surface area contributed by atoms with Crippen molar-refractivity contribution in [1.82, 2.24) is 0 Å². The molecule has 6 aliphatic carbocycles. The van der Waals surface area contributed by atoms with E-state index in [2.05, 4.69) is 42.5 Å². The van der Waals surface area contributed by atoms with Gasteiger partial charge >= 0.3 is 0 Å². The Bertz CT molecular complexity index is 1590. The van der Waals surface area contributed by atoms with Crippen LogP contribution in [0.1, 0.15) is 31.8 Å². The number of benzene rings is 2.